The van der Waals surface area contributed by atoms with Gasteiger partial charge in [-0.15, -0.1) is 0 Å². The highest BCUT2D eigenvalue weighted by atomic mass is 16.5. The molecule has 0 bridgehead atoms. The van der Waals surface area contributed by atoms with Gasteiger partial charge >= 0.3 is 0 Å². The molecule has 2 aromatic rings. The predicted molar refractivity (Wildman–Crippen MR) is 65.2 cm³/mol. The van der Waals surface area contributed by atoms with E-state index >= 15 is 0 Å². The number of hydrogen-bond acceptors (Lipinski definition) is 4. The molecule has 0 saturated carbocycles. The van der Waals surface area contributed by atoms with Gasteiger partial charge < -0.3 is 10.5 Å². The zero-order valence-corrected chi connectivity index (χ0v) is 9.59. The molecule has 3 rings (SSSR count). The Morgan fingerprint density at radius 1 is 1.33 bits per heavy atom. The normalized spacial score (nSPS) is 12.9. The Labute approximate surface area is 104 Å². The van der Waals surface area contributed by atoms with Crippen molar-refractivity contribution in [3.8, 4) is 17.0 Å². The van der Waals surface area contributed by atoms with Crippen LogP contribution in [0.3, 0.4) is 0 Å². The second-order valence-electron chi connectivity index (χ2n) is 4.05. The van der Waals surface area contributed by atoms with Crippen LogP contribution in [0.4, 0.5) is 0 Å². The molecule has 2 N–H and O–H groups in total. The third kappa shape index (κ3) is 1.79. The predicted octanol–water partition coefficient (Wildman–Crippen LogP) is 1.18. The van der Waals surface area contributed by atoms with Crippen molar-refractivity contribution in [3.63, 3.8) is 0 Å². The number of primary amides is 1. The second kappa shape index (κ2) is 4.10. The number of hydrogen-bond donors (Lipinski definition) is 1. The molecule has 0 spiro atoms. The minimum absolute atomic E-state index is 0.0317. The Balaban J connectivity index is 2.04. The van der Waals surface area contributed by atoms with Gasteiger partial charge in [0.25, 0.3) is 5.91 Å². The van der Waals surface area contributed by atoms with E-state index in [1.165, 1.54) is 6.20 Å². The highest BCUT2D eigenvalue weighted by Gasteiger charge is 2.13. The molecule has 90 valence electrons. The molecular weight excluding hydrogens is 230 g/mol. The topological polar surface area (TPSA) is 78.1 Å². The van der Waals surface area contributed by atoms with Crippen LogP contribution in [0.15, 0.2) is 30.5 Å². The molecule has 0 radical (unpaired) electrons. The first-order valence-electron chi connectivity index (χ1n) is 5.63. The van der Waals surface area contributed by atoms with E-state index in [4.69, 9.17) is 10.5 Å². The Bertz CT molecular complexity index is 625. The van der Waals surface area contributed by atoms with Crippen LogP contribution in [-0.4, -0.2) is 22.5 Å². The van der Waals surface area contributed by atoms with Gasteiger partial charge in [-0.1, -0.05) is 0 Å². The summed E-state index contributed by atoms with van der Waals surface area (Å²) in [5.74, 6) is 0.327. The van der Waals surface area contributed by atoms with Crippen molar-refractivity contribution >= 4 is 5.91 Å². The number of nitrogens with zero attached hydrogens (tertiary/aromatic N) is 2. The lowest BCUT2D eigenvalue weighted by Crippen LogP contribution is -2.15. The molecule has 1 amide bonds. The fourth-order valence-electron chi connectivity index (χ4n) is 1.98. The van der Waals surface area contributed by atoms with Crippen LogP contribution < -0.4 is 10.5 Å². The summed E-state index contributed by atoms with van der Waals surface area (Å²) in [7, 11) is 0. The van der Waals surface area contributed by atoms with Crippen LogP contribution in [0.5, 0.6) is 5.75 Å². The van der Waals surface area contributed by atoms with Crippen molar-refractivity contribution in [1.29, 1.82) is 0 Å². The summed E-state index contributed by atoms with van der Waals surface area (Å²) in [5.41, 5.74) is 7.95. The quantitative estimate of drug-likeness (QED) is 0.856. The molecule has 0 aliphatic carbocycles. The summed E-state index contributed by atoms with van der Waals surface area (Å²) in [5, 5.41) is 0. The van der Waals surface area contributed by atoms with E-state index in [-0.39, 0.29) is 5.82 Å². The Morgan fingerprint density at radius 3 is 3.06 bits per heavy atom. The van der Waals surface area contributed by atoms with Gasteiger partial charge in [-0.05, 0) is 29.8 Å². The van der Waals surface area contributed by atoms with Crippen molar-refractivity contribution in [3.05, 3.63) is 41.9 Å². The van der Waals surface area contributed by atoms with E-state index in [0.29, 0.717) is 5.69 Å². The van der Waals surface area contributed by atoms with Gasteiger partial charge in [0, 0.05) is 18.2 Å². The zero-order chi connectivity index (χ0) is 12.5. The standard InChI is InChI=1S/C13H11N3O2/c14-12(17)13-15-5-3-10(16-13)8-1-2-11-9(7-8)4-6-18-11/h1-3,5,7H,4,6H2,(H2,14,17). The summed E-state index contributed by atoms with van der Waals surface area (Å²) in [4.78, 5) is 19.0. The number of aromatic nitrogens is 2. The van der Waals surface area contributed by atoms with Crippen LogP contribution >= 0.6 is 0 Å². The van der Waals surface area contributed by atoms with Crippen LogP contribution in [-0.2, 0) is 6.42 Å². The lowest BCUT2D eigenvalue weighted by atomic mass is 10.1. The third-order valence-corrected chi connectivity index (χ3v) is 2.86. The molecule has 0 saturated heterocycles. The largest absolute Gasteiger partial charge is 0.493 e. The molecule has 2 heterocycles. The maximum atomic E-state index is 11.0. The SMILES string of the molecule is NC(=O)c1nccc(-c2ccc3c(c2)CCO3)n1. The number of nitrogens with two attached hydrogens (primary N) is 1. The van der Waals surface area contributed by atoms with E-state index in [1.54, 1.807) is 6.07 Å². The lowest BCUT2D eigenvalue weighted by molar-refractivity contribution is 0.0990. The first-order valence-corrected chi connectivity index (χ1v) is 5.63. The molecule has 1 aromatic carbocycles. The summed E-state index contributed by atoms with van der Waals surface area (Å²) in [6.07, 6.45) is 2.43. The van der Waals surface area contributed by atoms with Gasteiger partial charge in [0.15, 0.2) is 0 Å². The summed E-state index contributed by atoms with van der Waals surface area (Å²) in [6.45, 7) is 0.717. The second-order valence-corrected chi connectivity index (χ2v) is 4.05. The first kappa shape index (κ1) is 10.7. The van der Waals surface area contributed by atoms with Crippen molar-refractivity contribution in [2.24, 2.45) is 5.73 Å². The third-order valence-electron chi connectivity index (χ3n) is 2.86. The van der Waals surface area contributed by atoms with E-state index in [9.17, 15) is 4.79 Å². The average molecular weight is 241 g/mol. The number of amides is 1. The highest BCUT2D eigenvalue weighted by molar-refractivity contribution is 5.89. The maximum Gasteiger partial charge on any atom is 0.286 e. The monoisotopic (exact) mass is 241 g/mol. The molecular formula is C13H11N3O2. The number of carbonyl (C=O) groups is 1. The fraction of sp³-hybridized carbons (Fsp3) is 0.154. The van der Waals surface area contributed by atoms with E-state index in [2.05, 4.69) is 9.97 Å². The molecule has 0 unspecified atom stereocenters. The molecule has 1 aliphatic rings. The van der Waals surface area contributed by atoms with Crippen LogP contribution in [0.25, 0.3) is 11.3 Å². The van der Waals surface area contributed by atoms with Gasteiger partial charge in [0.2, 0.25) is 5.82 Å². The lowest BCUT2D eigenvalue weighted by Gasteiger charge is -2.04. The number of rotatable bonds is 2. The Hall–Kier alpha value is -2.43. The first-order chi connectivity index (χ1) is 8.74. The minimum atomic E-state index is -0.624. The van der Waals surface area contributed by atoms with Crippen LogP contribution in [0.2, 0.25) is 0 Å². The van der Waals surface area contributed by atoms with Gasteiger partial charge in [-0.2, -0.15) is 0 Å². The van der Waals surface area contributed by atoms with Crippen LogP contribution in [0.1, 0.15) is 16.2 Å². The number of benzene rings is 1. The Kier molecular flexibility index (Phi) is 2.44. The smallest absolute Gasteiger partial charge is 0.286 e. The van der Waals surface area contributed by atoms with Crippen molar-refractivity contribution < 1.29 is 9.53 Å². The molecule has 18 heavy (non-hydrogen) atoms. The Morgan fingerprint density at radius 2 is 2.22 bits per heavy atom. The molecule has 5 heteroatoms. The summed E-state index contributed by atoms with van der Waals surface area (Å²) in [6, 6.07) is 7.61. The minimum Gasteiger partial charge on any atom is -0.493 e. The summed E-state index contributed by atoms with van der Waals surface area (Å²) >= 11 is 0. The molecule has 1 aromatic heterocycles. The van der Waals surface area contributed by atoms with Gasteiger partial charge in [0.1, 0.15) is 5.75 Å². The van der Waals surface area contributed by atoms with Crippen molar-refractivity contribution in [2.45, 2.75) is 6.42 Å². The molecule has 0 atom stereocenters. The van der Waals surface area contributed by atoms with Gasteiger partial charge in [-0.25, -0.2) is 9.97 Å². The van der Waals surface area contributed by atoms with Gasteiger partial charge in [-0.3, -0.25) is 4.79 Å². The molecule has 0 fully saturated rings. The summed E-state index contributed by atoms with van der Waals surface area (Å²) < 4.78 is 5.44. The van der Waals surface area contributed by atoms with E-state index in [1.807, 2.05) is 18.2 Å². The number of ether oxygens (including phenoxy) is 1. The number of fused-ring (bicyclic) bond motifs is 1. The fourth-order valence-corrected chi connectivity index (χ4v) is 1.98. The van der Waals surface area contributed by atoms with Crippen molar-refractivity contribution in [2.75, 3.05) is 6.61 Å². The maximum absolute atomic E-state index is 11.0. The highest BCUT2D eigenvalue weighted by Crippen LogP contribution is 2.29. The van der Waals surface area contributed by atoms with Crippen LogP contribution in [0, 0.1) is 0 Å². The van der Waals surface area contributed by atoms with E-state index < -0.39 is 5.91 Å². The average Bonchev–Trinajstić information content (AvgIpc) is 2.86. The molecule has 5 nitrogen and oxygen atoms in total. The molecule has 1 aliphatic heterocycles. The van der Waals surface area contributed by atoms with Crippen molar-refractivity contribution in [1.82, 2.24) is 9.97 Å². The zero-order valence-electron chi connectivity index (χ0n) is 9.59. The van der Waals surface area contributed by atoms with E-state index in [0.717, 1.165) is 29.9 Å². The van der Waals surface area contributed by atoms with Gasteiger partial charge in [0.05, 0.1) is 12.3 Å². The number of carbonyl (C=O) groups excluding carboxylic acids is 1.